The van der Waals surface area contributed by atoms with Crippen molar-refractivity contribution in [3.8, 4) is 0 Å². The van der Waals surface area contributed by atoms with E-state index in [9.17, 15) is 14.9 Å². The molecule has 0 aliphatic heterocycles. The van der Waals surface area contributed by atoms with Gasteiger partial charge in [-0.3, -0.25) is 14.9 Å². The summed E-state index contributed by atoms with van der Waals surface area (Å²) in [6.07, 6.45) is 2.74. The third-order valence-electron chi connectivity index (χ3n) is 2.24. The SMILES string of the molecule is O=C(Nc1nccnc1Cl)c1cc(Br)cc([N+](=O)[O-])c1. The molecule has 0 saturated heterocycles. The smallest absolute Gasteiger partial charge is 0.271 e. The van der Waals surface area contributed by atoms with Crippen LogP contribution in [0.4, 0.5) is 11.5 Å². The molecule has 0 bridgehead atoms. The lowest BCUT2D eigenvalue weighted by molar-refractivity contribution is -0.384. The molecule has 7 nitrogen and oxygen atoms in total. The van der Waals surface area contributed by atoms with Crippen molar-refractivity contribution in [1.82, 2.24) is 9.97 Å². The third kappa shape index (κ3) is 3.28. The highest BCUT2D eigenvalue weighted by atomic mass is 79.9. The molecule has 1 aromatic carbocycles. The first kappa shape index (κ1) is 14.4. The fourth-order valence-corrected chi connectivity index (χ4v) is 2.03. The van der Waals surface area contributed by atoms with E-state index in [-0.39, 0.29) is 22.2 Å². The standard InChI is InChI=1S/C11H6BrClN4O3/c12-7-3-6(4-8(5-7)17(19)20)11(18)16-10-9(13)14-1-2-15-10/h1-5H,(H,15,16,18). The number of nitro benzene ring substituents is 1. The number of nitrogens with zero attached hydrogens (tertiary/aromatic N) is 3. The maximum atomic E-state index is 12.0. The number of benzene rings is 1. The minimum atomic E-state index is -0.586. The number of amides is 1. The molecule has 0 aliphatic carbocycles. The number of carbonyl (C=O) groups is 1. The normalized spacial score (nSPS) is 10.1. The number of hydrogen-bond donors (Lipinski definition) is 1. The van der Waals surface area contributed by atoms with Crippen LogP contribution in [0.25, 0.3) is 0 Å². The van der Waals surface area contributed by atoms with E-state index < -0.39 is 10.8 Å². The molecule has 0 fully saturated rings. The second kappa shape index (κ2) is 5.93. The quantitative estimate of drug-likeness (QED) is 0.672. The second-order valence-electron chi connectivity index (χ2n) is 3.61. The Morgan fingerprint density at radius 3 is 2.65 bits per heavy atom. The summed E-state index contributed by atoms with van der Waals surface area (Å²) >= 11 is 8.87. The first-order valence-electron chi connectivity index (χ1n) is 5.20. The van der Waals surface area contributed by atoms with Crippen molar-refractivity contribution in [2.24, 2.45) is 0 Å². The van der Waals surface area contributed by atoms with Gasteiger partial charge < -0.3 is 5.32 Å². The Morgan fingerprint density at radius 2 is 2.00 bits per heavy atom. The maximum absolute atomic E-state index is 12.0. The number of rotatable bonds is 3. The number of anilines is 1. The lowest BCUT2D eigenvalue weighted by Gasteiger charge is -2.05. The van der Waals surface area contributed by atoms with Crippen molar-refractivity contribution in [2.75, 3.05) is 5.32 Å². The number of hydrogen-bond acceptors (Lipinski definition) is 5. The molecule has 1 N–H and O–H groups in total. The maximum Gasteiger partial charge on any atom is 0.271 e. The van der Waals surface area contributed by atoms with E-state index >= 15 is 0 Å². The molecular weight excluding hydrogens is 352 g/mol. The van der Waals surface area contributed by atoms with Gasteiger partial charge in [0.25, 0.3) is 11.6 Å². The molecule has 1 aromatic heterocycles. The lowest BCUT2D eigenvalue weighted by atomic mass is 10.2. The number of nitrogens with one attached hydrogen (secondary N) is 1. The van der Waals surface area contributed by atoms with E-state index in [0.29, 0.717) is 4.47 Å². The Kier molecular flexibility index (Phi) is 4.26. The van der Waals surface area contributed by atoms with Crippen molar-refractivity contribution in [1.29, 1.82) is 0 Å². The Hall–Kier alpha value is -2.06. The molecule has 1 amide bonds. The monoisotopic (exact) mass is 356 g/mol. The number of non-ortho nitro benzene ring substituents is 1. The summed E-state index contributed by atoms with van der Waals surface area (Å²) in [7, 11) is 0. The van der Waals surface area contributed by atoms with Gasteiger partial charge in [0.2, 0.25) is 0 Å². The predicted octanol–water partition coefficient (Wildman–Crippen LogP) is 3.05. The zero-order valence-corrected chi connectivity index (χ0v) is 12.1. The van der Waals surface area contributed by atoms with Crippen LogP contribution in [0.3, 0.4) is 0 Å². The summed E-state index contributed by atoms with van der Waals surface area (Å²) in [5.74, 6) is -0.487. The van der Waals surface area contributed by atoms with Gasteiger partial charge in [-0.15, -0.1) is 0 Å². The van der Waals surface area contributed by atoms with Crippen LogP contribution >= 0.6 is 27.5 Å². The Bertz CT molecular complexity index is 695. The minimum Gasteiger partial charge on any atom is -0.304 e. The molecule has 0 radical (unpaired) electrons. The van der Waals surface area contributed by atoms with E-state index in [0.717, 1.165) is 6.07 Å². The van der Waals surface area contributed by atoms with Crippen molar-refractivity contribution in [2.45, 2.75) is 0 Å². The molecule has 0 spiro atoms. The van der Waals surface area contributed by atoms with Gasteiger partial charge >= 0.3 is 0 Å². The van der Waals surface area contributed by atoms with Gasteiger partial charge in [-0.1, -0.05) is 27.5 Å². The number of halogens is 2. The highest BCUT2D eigenvalue weighted by Gasteiger charge is 2.15. The summed E-state index contributed by atoms with van der Waals surface area (Å²) in [6.45, 7) is 0. The highest BCUT2D eigenvalue weighted by Crippen LogP contribution is 2.22. The zero-order valence-electron chi connectivity index (χ0n) is 9.71. The average Bonchev–Trinajstić information content (AvgIpc) is 2.40. The molecule has 0 saturated carbocycles. The lowest BCUT2D eigenvalue weighted by Crippen LogP contribution is -2.14. The molecular formula is C11H6BrClN4O3. The van der Waals surface area contributed by atoms with E-state index in [1.807, 2.05) is 0 Å². The number of aromatic nitrogens is 2. The van der Waals surface area contributed by atoms with Gasteiger partial charge in [-0.2, -0.15) is 0 Å². The molecule has 0 unspecified atom stereocenters. The summed E-state index contributed by atoms with van der Waals surface area (Å²) in [4.78, 5) is 29.8. The largest absolute Gasteiger partial charge is 0.304 e. The molecule has 1 heterocycles. The van der Waals surface area contributed by atoms with Gasteiger partial charge in [-0.05, 0) is 6.07 Å². The number of carbonyl (C=O) groups excluding carboxylic acids is 1. The Labute approximate surface area is 126 Å². The van der Waals surface area contributed by atoms with Gasteiger partial charge in [0.15, 0.2) is 11.0 Å². The topological polar surface area (TPSA) is 98.0 Å². The van der Waals surface area contributed by atoms with Crippen molar-refractivity contribution in [3.05, 3.63) is 55.9 Å². The first-order valence-corrected chi connectivity index (χ1v) is 6.37. The van der Waals surface area contributed by atoms with Crippen LogP contribution in [0.5, 0.6) is 0 Å². The Balaban J connectivity index is 2.30. The van der Waals surface area contributed by atoms with Crippen LogP contribution in [0.2, 0.25) is 5.15 Å². The van der Waals surface area contributed by atoms with Gasteiger partial charge in [-0.25, -0.2) is 9.97 Å². The average molecular weight is 358 g/mol. The molecule has 0 aliphatic rings. The van der Waals surface area contributed by atoms with E-state index in [1.165, 1.54) is 24.5 Å². The summed E-state index contributed by atoms with van der Waals surface area (Å²) < 4.78 is 0.419. The van der Waals surface area contributed by atoms with Crippen LogP contribution in [0.1, 0.15) is 10.4 Å². The summed E-state index contributed by atoms with van der Waals surface area (Å²) in [5, 5.41) is 13.2. The second-order valence-corrected chi connectivity index (χ2v) is 4.88. The first-order chi connectivity index (χ1) is 9.47. The van der Waals surface area contributed by atoms with Gasteiger partial charge in [0.05, 0.1) is 4.92 Å². The molecule has 2 rings (SSSR count). The summed E-state index contributed by atoms with van der Waals surface area (Å²) in [6, 6.07) is 3.91. The van der Waals surface area contributed by atoms with Gasteiger partial charge in [0.1, 0.15) is 0 Å². The highest BCUT2D eigenvalue weighted by molar-refractivity contribution is 9.10. The third-order valence-corrected chi connectivity index (χ3v) is 2.98. The fraction of sp³-hybridized carbons (Fsp3) is 0. The van der Waals surface area contributed by atoms with Crippen molar-refractivity contribution in [3.63, 3.8) is 0 Å². The molecule has 102 valence electrons. The summed E-state index contributed by atoms with van der Waals surface area (Å²) in [5.41, 5.74) is -0.0948. The van der Waals surface area contributed by atoms with E-state index in [1.54, 1.807) is 0 Å². The molecule has 0 atom stereocenters. The van der Waals surface area contributed by atoms with Crippen molar-refractivity contribution < 1.29 is 9.72 Å². The van der Waals surface area contributed by atoms with E-state index in [2.05, 4.69) is 31.2 Å². The van der Waals surface area contributed by atoms with Crippen molar-refractivity contribution >= 4 is 44.9 Å². The van der Waals surface area contributed by atoms with Crippen LogP contribution in [0, 0.1) is 10.1 Å². The van der Waals surface area contributed by atoms with Crippen LogP contribution in [-0.2, 0) is 0 Å². The van der Waals surface area contributed by atoms with Gasteiger partial charge in [0, 0.05) is 34.6 Å². The zero-order chi connectivity index (χ0) is 14.7. The Morgan fingerprint density at radius 1 is 1.30 bits per heavy atom. The molecule has 9 heteroatoms. The molecule has 2 aromatic rings. The predicted molar refractivity (Wildman–Crippen MR) is 75.8 cm³/mol. The van der Waals surface area contributed by atoms with E-state index in [4.69, 9.17) is 11.6 Å². The molecule has 20 heavy (non-hydrogen) atoms. The van der Waals surface area contributed by atoms with Crippen LogP contribution < -0.4 is 5.32 Å². The fourth-order valence-electron chi connectivity index (χ4n) is 1.40. The van der Waals surface area contributed by atoms with Crippen LogP contribution in [-0.4, -0.2) is 20.8 Å². The van der Waals surface area contributed by atoms with Crippen LogP contribution in [0.15, 0.2) is 35.1 Å². The minimum absolute atomic E-state index is 0.0327. The number of nitro groups is 1.